The molecule has 2 aromatic rings. The van der Waals surface area contributed by atoms with Gasteiger partial charge in [-0.2, -0.15) is 0 Å². The summed E-state index contributed by atoms with van der Waals surface area (Å²) < 4.78 is 1.09. The molecule has 0 saturated carbocycles. The third-order valence-electron chi connectivity index (χ3n) is 3.40. The predicted molar refractivity (Wildman–Crippen MR) is 90.8 cm³/mol. The number of rotatable bonds is 4. The normalized spacial score (nSPS) is 10.3. The van der Waals surface area contributed by atoms with Gasteiger partial charge < -0.3 is 10.6 Å². The zero-order valence-corrected chi connectivity index (χ0v) is 14.0. The van der Waals surface area contributed by atoms with E-state index in [9.17, 15) is 4.79 Å². The molecule has 0 radical (unpaired) electrons. The van der Waals surface area contributed by atoms with Gasteiger partial charge in [-0.3, -0.25) is 4.79 Å². The van der Waals surface area contributed by atoms with Gasteiger partial charge in [0.2, 0.25) is 0 Å². The van der Waals surface area contributed by atoms with Crippen molar-refractivity contribution in [3.8, 4) is 0 Å². The number of anilines is 1. The van der Waals surface area contributed by atoms with E-state index in [1.807, 2.05) is 25.1 Å². The summed E-state index contributed by atoms with van der Waals surface area (Å²) in [5.74, 6) is -0.0745. The first-order valence-electron chi connectivity index (χ1n) is 6.83. The van der Waals surface area contributed by atoms with Gasteiger partial charge in [0.1, 0.15) is 0 Å². The molecule has 3 nitrogen and oxygen atoms in total. The van der Waals surface area contributed by atoms with Crippen LogP contribution in [0.2, 0.25) is 0 Å². The number of aryl methyl sites for hydroxylation is 2. The minimum absolute atomic E-state index is 0.0745. The standard InChI is InChI=1S/C17H19BrN2O/c1-11-4-6-14(15(18)8-11)10-20-16-9-13(17(21)19-3)7-5-12(16)2/h4-9,20H,10H2,1-3H3,(H,19,21). The molecule has 4 heteroatoms. The van der Waals surface area contributed by atoms with Crippen molar-refractivity contribution in [3.63, 3.8) is 0 Å². The summed E-state index contributed by atoms with van der Waals surface area (Å²) in [7, 11) is 1.64. The topological polar surface area (TPSA) is 41.1 Å². The van der Waals surface area contributed by atoms with Crippen molar-refractivity contribution in [1.82, 2.24) is 5.32 Å². The molecule has 0 aliphatic carbocycles. The Bertz CT molecular complexity index is 668. The van der Waals surface area contributed by atoms with Gasteiger partial charge in [-0.05, 0) is 48.7 Å². The van der Waals surface area contributed by atoms with Gasteiger partial charge in [0.15, 0.2) is 0 Å². The Morgan fingerprint density at radius 1 is 1.14 bits per heavy atom. The summed E-state index contributed by atoms with van der Waals surface area (Å²) in [6.07, 6.45) is 0. The van der Waals surface area contributed by atoms with E-state index >= 15 is 0 Å². The second kappa shape index (κ2) is 6.76. The fourth-order valence-corrected chi connectivity index (χ4v) is 2.72. The van der Waals surface area contributed by atoms with Crippen molar-refractivity contribution in [3.05, 3.63) is 63.1 Å². The number of nitrogens with one attached hydrogen (secondary N) is 2. The average molecular weight is 347 g/mol. The largest absolute Gasteiger partial charge is 0.381 e. The van der Waals surface area contributed by atoms with Crippen LogP contribution in [0.1, 0.15) is 27.0 Å². The second-order valence-electron chi connectivity index (χ2n) is 5.06. The van der Waals surface area contributed by atoms with Crippen molar-refractivity contribution < 1.29 is 4.79 Å². The number of carbonyl (C=O) groups excluding carboxylic acids is 1. The van der Waals surface area contributed by atoms with Crippen LogP contribution in [0.4, 0.5) is 5.69 Å². The number of benzene rings is 2. The van der Waals surface area contributed by atoms with Crippen LogP contribution in [0.3, 0.4) is 0 Å². The van der Waals surface area contributed by atoms with Crippen molar-refractivity contribution in [2.75, 3.05) is 12.4 Å². The molecule has 2 rings (SSSR count). The lowest BCUT2D eigenvalue weighted by Gasteiger charge is -2.12. The zero-order valence-electron chi connectivity index (χ0n) is 12.5. The number of hydrogen-bond acceptors (Lipinski definition) is 2. The van der Waals surface area contributed by atoms with Crippen LogP contribution in [-0.4, -0.2) is 13.0 Å². The molecule has 0 aliphatic heterocycles. The Morgan fingerprint density at radius 2 is 1.90 bits per heavy atom. The van der Waals surface area contributed by atoms with Crippen molar-refractivity contribution in [2.24, 2.45) is 0 Å². The number of amides is 1. The summed E-state index contributed by atoms with van der Waals surface area (Å²) in [6.45, 7) is 4.80. The molecule has 1 amide bonds. The van der Waals surface area contributed by atoms with Crippen LogP contribution in [0.5, 0.6) is 0 Å². The van der Waals surface area contributed by atoms with E-state index in [-0.39, 0.29) is 5.91 Å². The maximum absolute atomic E-state index is 11.7. The predicted octanol–water partition coefficient (Wildman–Crippen LogP) is 4.04. The molecule has 0 unspecified atom stereocenters. The fraction of sp³-hybridized carbons (Fsp3) is 0.235. The molecule has 0 spiro atoms. The Balaban J connectivity index is 2.17. The van der Waals surface area contributed by atoms with Gasteiger partial charge in [-0.1, -0.05) is 34.1 Å². The lowest BCUT2D eigenvalue weighted by atomic mass is 10.1. The monoisotopic (exact) mass is 346 g/mol. The van der Waals surface area contributed by atoms with E-state index in [0.29, 0.717) is 12.1 Å². The van der Waals surface area contributed by atoms with Crippen molar-refractivity contribution in [1.29, 1.82) is 0 Å². The van der Waals surface area contributed by atoms with Crippen LogP contribution in [0.15, 0.2) is 40.9 Å². The molecular weight excluding hydrogens is 328 g/mol. The summed E-state index contributed by atoms with van der Waals surface area (Å²) in [4.78, 5) is 11.7. The number of carbonyl (C=O) groups is 1. The Labute approximate surface area is 133 Å². The van der Waals surface area contributed by atoms with E-state index < -0.39 is 0 Å². The third-order valence-corrected chi connectivity index (χ3v) is 4.14. The average Bonchev–Trinajstić information content (AvgIpc) is 2.47. The van der Waals surface area contributed by atoms with Gasteiger partial charge in [0.25, 0.3) is 5.91 Å². The molecule has 2 aromatic carbocycles. The first-order chi connectivity index (χ1) is 10.0. The highest BCUT2D eigenvalue weighted by atomic mass is 79.9. The van der Waals surface area contributed by atoms with E-state index in [1.54, 1.807) is 7.05 Å². The third kappa shape index (κ3) is 3.85. The summed E-state index contributed by atoms with van der Waals surface area (Å²) >= 11 is 3.58. The second-order valence-corrected chi connectivity index (χ2v) is 5.91. The van der Waals surface area contributed by atoms with Crippen LogP contribution in [0, 0.1) is 13.8 Å². The molecule has 0 aromatic heterocycles. The smallest absolute Gasteiger partial charge is 0.251 e. The first-order valence-corrected chi connectivity index (χ1v) is 7.62. The van der Waals surface area contributed by atoms with Gasteiger partial charge >= 0.3 is 0 Å². The summed E-state index contributed by atoms with van der Waals surface area (Å²) in [5, 5.41) is 6.04. The molecule has 0 atom stereocenters. The Morgan fingerprint density at radius 3 is 2.57 bits per heavy atom. The lowest BCUT2D eigenvalue weighted by molar-refractivity contribution is 0.0963. The highest BCUT2D eigenvalue weighted by Gasteiger charge is 2.07. The van der Waals surface area contributed by atoms with E-state index in [0.717, 1.165) is 15.7 Å². The minimum Gasteiger partial charge on any atom is -0.381 e. The molecule has 0 heterocycles. The number of hydrogen-bond donors (Lipinski definition) is 2. The molecule has 110 valence electrons. The van der Waals surface area contributed by atoms with Gasteiger partial charge in [0.05, 0.1) is 0 Å². The fourth-order valence-electron chi connectivity index (χ4n) is 2.08. The van der Waals surface area contributed by atoms with Gasteiger partial charge in [0, 0.05) is 29.3 Å². The maximum atomic E-state index is 11.7. The zero-order chi connectivity index (χ0) is 15.4. The van der Waals surface area contributed by atoms with Crippen molar-refractivity contribution >= 4 is 27.5 Å². The molecule has 0 aliphatic rings. The maximum Gasteiger partial charge on any atom is 0.251 e. The number of halogens is 1. The SMILES string of the molecule is CNC(=O)c1ccc(C)c(NCc2ccc(C)cc2Br)c1. The molecule has 0 fully saturated rings. The highest BCUT2D eigenvalue weighted by Crippen LogP contribution is 2.22. The molecule has 0 saturated heterocycles. The van der Waals surface area contributed by atoms with E-state index in [2.05, 4.69) is 51.7 Å². The quantitative estimate of drug-likeness (QED) is 0.877. The Kier molecular flexibility index (Phi) is 5.02. The first kappa shape index (κ1) is 15.6. The van der Waals surface area contributed by atoms with E-state index in [4.69, 9.17) is 0 Å². The molecule has 0 bridgehead atoms. The summed E-state index contributed by atoms with van der Waals surface area (Å²) in [6, 6.07) is 12.0. The minimum atomic E-state index is -0.0745. The lowest BCUT2D eigenvalue weighted by Crippen LogP contribution is -2.18. The van der Waals surface area contributed by atoms with Crippen LogP contribution < -0.4 is 10.6 Å². The van der Waals surface area contributed by atoms with Crippen LogP contribution in [0.25, 0.3) is 0 Å². The molecule has 21 heavy (non-hydrogen) atoms. The van der Waals surface area contributed by atoms with Gasteiger partial charge in [-0.25, -0.2) is 0 Å². The van der Waals surface area contributed by atoms with Crippen molar-refractivity contribution in [2.45, 2.75) is 20.4 Å². The Hall–Kier alpha value is -1.81. The molecular formula is C17H19BrN2O. The van der Waals surface area contributed by atoms with Gasteiger partial charge in [-0.15, -0.1) is 0 Å². The van der Waals surface area contributed by atoms with E-state index in [1.165, 1.54) is 11.1 Å². The van der Waals surface area contributed by atoms with Crippen LogP contribution in [-0.2, 0) is 6.54 Å². The molecule has 2 N–H and O–H groups in total. The summed E-state index contributed by atoms with van der Waals surface area (Å²) in [5.41, 5.74) is 5.16. The van der Waals surface area contributed by atoms with Crippen LogP contribution >= 0.6 is 15.9 Å². The highest BCUT2D eigenvalue weighted by molar-refractivity contribution is 9.10.